The molecule has 1 saturated heterocycles. The summed E-state index contributed by atoms with van der Waals surface area (Å²) in [4.78, 5) is 27.4. The van der Waals surface area contributed by atoms with Gasteiger partial charge in [0.05, 0.1) is 5.92 Å². The van der Waals surface area contributed by atoms with Crippen LogP contribution in [-0.4, -0.2) is 66.7 Å². The zero-order valence-corrected chi connectivity index (χ0v) is 14.5. The van der Waals surface area contributed by atoms with E-state index in [1.54, 1.807) is 4.90 Å². The summed E-state index contributed by atoms with van der Waals surface area (Å²) in [5.74, 6) is -0.569. The van der Waals surface area contributed by atoms with Crippen molar-refractivity contribution in [3.63, 3.8) is 0 Å². The maximum absolute atomic E-state index is 12.4. The molecule has 2 atom stereocenters. The molecule has 0 aromatic heterocycles. The minimum absolute atomic E-state index is 0.112. The van der Waals surface area contributed by atoms with Crippen LogP contribution in [0.2, 0.25) is 0 Å². The number of rotatable bonds is 5. The van der Waals surface area contributed by atoms with Crippen LogP contribution in [0.4, 0.5) is 4.79 Å². The molecule has 0 bridgehead atoms. The second kappa shape index (κ2) is 8.52. The Kier molecular flexibility index (Phi) is 6.69. The number of nitrogens with zero attached hydrogens (tertiary/aromatic N) is 2. The van der Waals surface area contributed by atoms with Crippen molar-refractivity contribution in [2.45, 2.75) is 51.0 Å². The number of likely N-dealkylation sites (N-methyl/N-ethyl adjacent to an activating group) is 1. The van der Waals surface area contributed by atoms with Gasteiger partial charge in [-0.25, -0.2) is 4.79 Å². The van der Waals surface area contributed by atoms with E-state index in [0.29, 0.717) is 38.0 Å². The van der Waals surface area contributed by atoms with E-state index in [1.165, 1.54) is 32.1 Å². The number of amides is 2. The Morgan fingerprint density at radius 1 is 1.17 bits per heavy atom. The quantitative estimate of drug-likeness (QED) is 0.811. The molecule has 2 amide bonds. The van der Waals surface area contributed by atoms with Gasteiger partial charge < -0.3 is 20.2 Å². The van der Waals surface area contributed by atoms with E-state index in [2.05, 4.69) is 24.3 Å². The van der Waals surface area contributed by atoms with Gasteiger partial charge in [0.25, 0.3) is 0 Å². The second-order valence-corrected chi connectivity index (χ2v) is 7.24. The van der Waals surface area contributed by atoms with E-state index in [-0.39, 0.29) is 6.03 Å². The van der Waals surface area contributed by atoms with Gasteiger partial charge in [-0.15, -0.1) is 0 Å². The molecule has 0 radical (unpaired) electrons. The normalized spacial score (nSPS) is 24.5. The summed E-state index contributed by atoms with van der Waals surface area (Å²) in [6, 6.07) is 0.248. The first kappa shape index (κ1) is 18.0. The molecule has 2 aliphatic rings. The van der Waals surface area contributed by atoms with Crippen LogP contribution < -0.4 is 5.32 Å². The van der Waals surface area contributed by atoms with Crippen molar-refractivity contribution in [2.24, 2.45) is 11.8 Å². The molecule has 132 valence electrons. The highest BCUT2D eigenvalue weighted by Gasteiger charge is 2.30. The molecule has 2 fully saturated rings. The van der Waals surface area contributed by atoms with Gasteiger partial charge in [-0.3, -0.25) is 4.79 Å². The number of carbonyl (C=O) groups excluding carboxylic acids is 1. The number of nitrogens with one attached hydrogen (secondary N) is 1. The number of hydrogen-bond donors (Lipinski definition) is 2. The predicted molar refractivity (Wildman–Crippen MR) is 89.4 cm³/mol. The number of hydrogen-bond acceptors (Lipinski definition) is 3. The van der Waals surface area contributed by atoms with Crippen LogP contribution in [0.3, 0.4) is 0 Å². The van der Waals surface area contributed by atoms with Crippen molar-refractivity contribution >= 4 is 12.0 Å². The minimum Gasteiger partial charge on any atom is -0.481 e. The highest BCUT2D eigenvalue weighted by molar-refractivity contribution is 5.76. The van der Waals surface area contributed by atoms with Gasteiger partial charge in [-0.1, -0.05) is 19.3 Å². The SMILES string of the molecule is CN(C)C(CNC(=O)N1CCCC(C(=O)O)C1)C1CCCCC1. The Bertz CT molecular complexity index is 408. The molecule has 0 aromatic carbocycles. The first-order valence-electron chi connectivity index (χ1n) is 8.91. The highest BCUT2D eigenvalue weighted by atomic mass is 16.4. The molecular formula is C17H31N3O3. The fourth-order valence-corrected chi connectivity index (χ4v) is 3.96. The summed E-state index contributed by atoms with van der Waals surface area (Å²) in [6.07, 6.45) is 7.82. The van der Waals surface area contributed by atoms with Crippen molar-refractivity contribution in [2.75, 3.05) is 33.7 Å². The lowest BCUT2D eigenvalue weighted by Gasteiger charge is -2.36. The number of carbonyl (C=O) groups is 2. The molecule has 6 heteroatoms. The lowest BCUT2D eigenvalue weighted by molar-refractivity contribution is -0.143. The van der Waals surface area contributed by atoms with E-state index in [4.69, 9.17) is 5.11 Å². The van der Waals surface area contributed by atoms with Crippen LogP contribution in [0.15, 0.2) is 0 Å². The van der Waals surface area contributed by atoms with Crippen LogP contribution in [0.25, 0.3) is 0 Å². The first-order chi connectivity index (χ1) is 11.0. The molecule has 1 heterocycles. The van der Waals surface area contributed by atoms with Crippen molar-refractivity contribution in [3.8, 4) is 0 Å². The molecule has 1 aliphatic heterocycles. The number of aliphatic carboxylic acids is 1. The lowest BCUT2D eigenvalue weighted by atomic mass is 9.83. The second-order valence-electron chi connectivity index (χ2n) is 7.24. The van der Waals surface area contributed by atoms with Gasteiger partial charge in [0.15, 0.2) is 0 Å². The van der Waals surface area contributed by atoms with Crippen LogP contribution >= 0.6 is 0 Å². The molecule has 2 N–H and O–H groups in total. The molecule has 1 saturated carbocycles. The lowest BCUT2D eigenvalue weighted by Crippen LogP contribution is -2.51. The van der Waals surface area contributed by atoms with E-state index in [9.17, 15) is 9.59 Å². The molecule has 23 heavy (non-hydrogen) atoms. The Balaban J connectivity index is 1.84. The van der Waals surface area contributed by atoms with Gasteiger partial charge >= 0.3 is 12.0 Å². The number of piperidine rings is 1. The molecule has 0 aromatic rings. The van der Waals surface area contributed by atoms with E-state index < -0.39 is 11.9 Å². The van der Waals surface area contributed by atoms with Gasteiger partial charge in [0.2, 0.25) is 0 Å². The molecular weight excluding hydrogens is 294 g/mol. The average molecular weight is 325 g/mol. The Morgan fingerprint density at radius 3 is 2.48 bits per heavy atom. The molecule has 2 rings (SSSR count). The zero-order valence-electron chi connectivity index (χ0n) is 14.5. The maximum atomic E-state index is 12.4. The predicted octanol–water partition coefficient (Wildman–Crippen LogP) is 2.00. The van der Waals surface area contributed by atoms with Crippen LogP contribution in [-0.2, 0) is 4.79 Å². The fourth-order valence-electron chi connectivity index (χ4n) is 3.96. The first-order valence-corrected chi connectivity index (χ1v) is 8.91. The summed E-state index contributed by atoms with van der Waals surface area (Å²) >= 11 is 0. The molecule has 1 aliphatic carbocycles. The monoisotopic (exact) mass is 325 g/mol. The molecule has 2 unspecified atom stereocenters. The van der Waals surface area contributed by atoms with E-state index in [0.717, 1.165) is 6.42 Å². The summed E-state index contributed by atoms with van der Waals surface area (Å²) < 4.78 is 0. The van der Waals surface area contributed by atoms with Crippen molar-refractivity contribution in [1.29, 1.82) is 0 Å². The van der Waals surface area contributed by atoms with Gasteiger partial charge in [-0.2, -0.15) is 0 Å². The minimum atomic E-state index is -0.795. The van der Waals surface area contributed by atoms with E-state index in [1.807, 2.05) is 0 Å². The summed E-state index contributed by atoms with van der Waals surface area (Å²) in [7, 11) is 4.15. The zero-order chi connectivity index (χ0) is 16.8. The third-order valence-corrected chi connectivity index (χ3v) is 5.38. The molecule has 0 spiro atoms. The van der Waals surface area contributed by atoms with Gasteiger partial charge in [0, 0.05) is 25.7 Å². The number of carboxylic acids is 1. The standard InChI is InChI=1S/C17H31N3O3/c1-19(2)15(13-7-4-3-5-8-13)11-18-17(23)20-10-6-9-14(12-20)16(21)22/h13-15H,3-12H2,1-2H3,(H,18,23)(H,21,22). The average Bonchev–Trinajstić information content (AvgIpc) is 2.55. The van der Waals surface area contributed by atoms with Crippen molar-refractivity contribution in [3.05, 3.63) is 0 Å². The van der Waals surface area contributed by atoms with Crippen molar-refractivity contribution < 1.29 is 14.7 Å². The summed E-state index contributed by atoms with van der Waals surface area (Å²) in [5, 5.41) is 12.2. The van der Waals surface area contributed by atoms with E-state index >= 15 is 0 Å². The van der Waals surface area contributed by atoms with Crippen LogP contribution in [0.5, 0.6) is 0 Å². The smallest absolute Gasteiger partial charge is 0.317 e. The number of carboxylic acid groups (broad SMARTS) is 1. The summed E-state index contributed by atoms with van der Waals surface area (Å²) in [5.41, 5.74) is 0. The maximum Gasteiger partial charge on any atom is 0.317 e. The Labute approximate surface area is 139 Å². The summed E-state index contributed by atoms with van der Waals surface area (Å²) in [6.45, 7) is 1.63. The number of urea groups is 1. The Hall–Kier alpha value is -1.30. The third kappa shape index (κ3) is 5.09. The van der Waals surface area contributed by atoms with Gasteiger partial charge in [0.1, 0.15) is 0 Å². The molecule has 6 nitrogen and oxygen atoms in total. The highest BCUT2D eigenvalue weighted by Crippen LogP contribution is 2.28. The largest absolute Gasteiger partial charge is 0.481 e. The number of likely N-dealkylation sites (tertiary alicyclic amines) is 1. The topological polar surface area (TPSA) is 72.9 Å². The van der Waals surface area contributed by atoms with Gasteiger partial charge in [-0.05, 0) is 45.7 Å². The van der Waals surface area contributed by atoms with Crippen molar-refractivity contribution in [1.82, 2.24) is 15.1 Å². The van der Waals surface area contributed by atoms with Crippen LogP contribution in [0.1, 0.15) is 44.9 Å². The fraction of sp³-hybridized carbons (Fsp3) is 0.882. The Morgan fingerprint density at radius 2 is 1.87 bits per heavy atom. The van der Waals surface area contributed by atoms with Crippen LogP contribution in [0, 0.1) is 11.8 Å². The third-order valence-electron chi connectivity index (χ3n) is 5.38.